The Morgan fingerprint density at radius 3 is 2.62 bits per heavy atom. The standard InChI is InChI=1S/C13H17N3O4S/c17-11(14-15-13(19)10-2-1-9-21-10)3-4-12(18)16-5-7-20-8-6-16/h1-2,9H,3-8H2,(H,14,17)(H,15,19). The molecule has 1 saturated heterocycles. The molecule has 0 atom stereocenters. The third-order valence-electron chi connectivity index (χ3n) is 2.99. The molecule has 0 radical (unpaired) electrons. The van der Waals surface area contributed by atoms with Gasteiger partial charge in [-0.3, -0.25) is 25.2 Å². The van der Waals surface area contributed by atoms with Crippen molar-refractivity contribution in [3.8, 4) is 0 Å². The van der Waals surface area contributed by atoms with Gasteiger partial charge in [0.15, 0.2) is 0 Å². The molecule has 3 amide bonds. The zero-order chi connectivity index (χ0) is 15.1. The van der Waals surface area contributed by atoms with Crippen LogP contribution in [-0.4, -0.2) is 48.9 Å². The van der Waals surface area contributed by atoms with Crippen LogP contribution < -0.4 is 10.9 Å². The summed E-state index contributed by atoms with van der Waals surface area (Å²) in [6.45, 7) is 2.20. The summed E-state index contributed by atoms with van der Waals surface area (Å²) < 4.78 is 5.16. The van der Waals surface area contributed by atoms with Crippen LogP contribution in [0.25, 0.3) is 0 Å². The molecule has 2 rings (SSSR count). The maximum absolute atomic E-state index is 11.8. The maximum Gasteiger partial charge on any atom is 0.279 e. The molecule has 0 aromatic carbocycles. The van der Waals surface area contributed by atoms with Crippen molar-refractivity contribution >= 4 is 29.1 Å². The van der Waals surface area contributed by atoms with Gasteiger partial charge in [0.05, 0.1) is 18.1 Å². The highest BCUT2D eigenvalue weighted by Gasteiger charge is 2.17. The topological polar surface area (TPSA) is 87.7 Å². The predicted molar refractivity (Wildman–Crippen MR) is 76.6 cm³/mol. The molecule has 2 heterocycles. The summed E-state index contributed by atoms with van der Waals surface area (Å²) in [6.07, 6.45) is 0.168. The molecule has 0 bridgehead atoms. The maximum atomic E-state index is 11.8. The average Bonchev–Trinajstić information content (AvgIpc) is 3.05. The highest BCUT2D eigenvalue weighted by Crippen LogP contribution is 2.07. The number of amides is 3. The van der Waals surface area contributed by atoms with Crippen LogP contribution in [0.4, 0.5) is 0 Å². The van der Waals surface area contributed by atoms with Crippen LogP contribution in [0.2, 0.25) is 0 Å². The predicted octanol–water partition coefficient (Wildman–Crippen LogP) is 0.148. The highest BCUT2D eigenvalue weighted by atomic mass is 32.1. The zero-order valence-corrected chi connectivity index (χ0v) is 12.3. The molecule has 7 nitrogen and oxygen atoms in total. The van der Waals surface area contributed by atoms with Gasteiger partial charge in [-0.1, -0.05) is 6.07 Å². The van der Waals surface area contributed by atoms with Gasteiger partial charge < -0.3 is 9.64 Å². The molecule has 0 spiro atoms. The summed E-state index contributed by atoms with van der Waals surface area (Å²) in [5, 5.41) is 1.78. The van der Waals surface area contributed by atoms with Gasteiger partial charge in [-0.25, -0.2) is 0 Å². The van der Waals surface area contributed by atoms with E-state index in [1.165, 1.54) is 11.3 Å². The smallest absolute Gasteiger partial charge is 0.279 e. The van der Waals surface area contributed by atoms with Crippen molar-refractivity contribution in [2.24, 2.45) is 0 Å². The van der Waals surface area contributed by atoms with Crippen molar-refractivity contribution in [2.75, 3.05) is 26.3 Å². The molecular weight excluding hydrogens is 294 g/mol. The first-order valence-electron chi connectivity index (χ1n) is 6.65. The Morgan fingerprint density at radius 1 is 1.19 bits per heavy atom. The average molecular weight is 311 g/mol. The lowest BCUT2D eigenvalue weighted by Crippen LogP contribution is -2.43. The number of morpholine rings is 1. The Labute approximate surface area is 126 Å². The number of nitrogens with one attached hydrogen (secondary N) is 2. The van der Waals surface area contributed by atoms with Crippen molar-refractivity contribution in [2.45, 2.75) is 12.8 Å². The van der Waals surface area contributed by atoms with Crippen LogP contribution in [0.3, 0.4) is 0 Å². The summed E-state index contributed by atoms with van der Waals surface area (Å²) in [5.74, 6) is -0.822. The molecule has 1 aromatic heterocycles. The minimum atomic E-state index is -0.387. The molecule has 0 aliphatic carbocycles. The minimum absolute atomic E-state index is 0.0426. The fourth-order valence-corrected chi connectivity index (χ4v) is 2.47. The van der Waals surface area contributed by atoms with E-state index in [-0.39, 0.29) is 30.6 Å². The van der Waals surface area contributed by atoms with Gasteiger partial charge in [-0.15, -0.1) is 11.3 Å². The van der Waals surface area contributed by atoms with E-state index in [0.717, 1.165) is 0 Å². The molecule has 2 N–H and O–H groups in total. The van der Waals surface area contributed by atoms with Crippen LogP contribution >= 0.6 is 11.3 Å². The number of nitrogens with zero attached hydrogens (tertiary/aromatic N) is 1. The third-order valence-corrected chi connectivity index (χ3v) is 3.86. The van der Waals surface area contributed by atoms with E-state index < -0.39 is 0 Å². The van der Waals surface area contributed by atoms with Gasteiger partial charge in [0, 0.05) is 25.9 Å². The van der Waals surface area contributed by atoms with E-state index in [4.69, 9.17) is 4.74 Å². The van der Waals surface area contributed by atoms with E-state index in [9.17, 15) is 14.4 Å². The summed E-state index contributed by atoms with van der Waals surface area (Å²) in [7, 11) is 0. The number of hydrazine groups is 1. The molecule has 8 heteroatoms. The fourth-order valence-electron chi connectivity index (χ4n) is 1.85. The minimum Gasteiger partial charge on any atom is -0.378 e. The van der Waals surface area contributed by atoms with Crippen molar-refractivity contribution in [3.63, 3.8) is 0 Å². The first-order chi connectivity index (χ1) is 10.2. The van der Waals surface area contributed by atoms with Gasteiger partial charge >= 0.3 is 0 Å². The molecule has 1 fully saturated rings. The van der Waals surface area contributed by atoms with E-state index in [1.807, 2.05) is 0 Å². The van der Waals surface area contributed by atoms with Crippen LogP contribution in [-0.2, 0) is 14.3 Å². The van der Waals surface area contributed by atoms with Gasteiger partial charge in [0.25, 0.3) is 5.91 Å². The SMILES string of the molecule is O=C(CCC(=O)N1CCOCC1)NNC(=O)c1cccs1. The van der Waals surface area contributed by atoms with Crippen molar-refractivity contribution < 1.29 is 19.1 Å². The lowest BCUT2D eigenvalue weighted by Gasteiger charge is -2.26. The number of hydrogen-bond donors (Lipinski definition) is 2. The molecule has 1 aliphatic heterocycles. The number of thiophene rings is 1. The quantitative estimate of drug-likeness (QED) is 0.775. The normalized spacial score (nSPS) is 14.6. The number of carbonyl (C=O) groups excluding carboxylic acids is 3. The second kappa shape index (κ2) is 7.75. The van der Waals surface area contributed by atoms with Crippen molar-refractivity contribution in [3.05, 3.63) is 22.4 Å². The van der Waals surface area contributed by atoms with Crippen molar-refractivity contribution in [1.82, 2.24) is 15.8 Å². The molecule has 21 heavy (non-hydrogen) atoms. The molecule has 1 aliphatic rings. The van der Waals surface area contributed by atoms with Crippen LogP contribution in [0.5, 0.6) is 0 Å². The van der Waals surface area contributed by atoms with E-state index in [0.29, 0.717) is 31.2 Å². The van der Waals surface area contributed by atoms with Crippen molar-refractivity contribution in [1.29, 1.82) is 0 Å². The summed E-state index contributed by atoms with van der Waals surface area (Å²) in [4.78, 5) is 37.2. The van der Waals surface area contributed by atoms with E-state index >= 15 is 0 Å². The van der Waals surface area contributed by atoms with Gasteiger partial charge in [0.1, 0.15) is 0 Å². The molecular formula is C13H17N3O4S. The number of rotatable bonds is 4. The lowest BCUT2D eigenvalue weighted by molar-refractivity contribution is -0.137. The molecule has 0 saturated carbocycles. The second-order valence-corrected chi connectivity index (χ2v) is 5.42. The Hall–Kier alpha value is -1.93. The fraction of sp³-hybridized carbons (Fsp3) is 0.462. The van der Waals surface area contributed by atoms with Crippen LogP contribution in [0.1, 0.15) is 22.5 Å². The third kappa shape index (κ3) is 4.83. The Kier molecular flexibility index (Phi) is 5.70. The second-order valence-electron chi connectivity index (χ2n) is 4.47. The zero-order valence-electron chi connectivity index (χ0n) is 11.5. The Morgan fingerprint density at radius 2 is 1.95 bits per heavy atom. The van der Waals surface area contributed by atoms with Gasteiger partial charge in [-0.05, 0) is 11.4 Å². The molecule has 0 unspecified atom stereocenters. The first kappa shape index (κ1) is 15.5. The lowest BCUT2D eigenvalue weighted by atomic mass is 10.2. The summed E-state index contributed by atoms with van der Waals surface area (Å²) in [5.41, 5.74) is 4.62. The summed E-state index contributed by atoms with van der Waals surface area (Å²) in [6, 6.07) is 3.41. The number of ether oxygens (including phenoxy) is 1. The van der Waals surface area contributed by atoms with Crippen LogP contribution in [0, 0.1) is 0 Å². The van der Waals surface area contributed by atoms with E-state index in [1.54, 1.807) is 22.4 Å². The first-order valence-corrected chi connectivity index (χ1v) is 7.53. The highest BCUT2D eigenvalue weighted by molar-refractivity contribution is 7.12. The molecule has 114 valence electrons. The van der Waals surface area contributed by atoms with Crippen LogP contribution in [0.15, 0.2) is 17.5 Å². The number of carbonyl (C=O) groups is 3. The molecule has 1 aromatic rings. The Bertz CT molecular complexity index is 498. The van der Waals surface area contributed by atoms with Gasteiger partial charge in [-0.2, -0.15) is 0 Å². The Balaban J connectivity index is 1.65. The number of hydrogen-bond acceptors (Lipinski definition) is 5. The monoisotopic (exact) mass is 311 g/mol. The largest absolute Gasteiger partial charge is 0.378 e. The van der Waals surface area contributed by atoms with E-state index in [2.05, 4.69) is 10.9 Å². The van der Waals surface area contributed by atoms with Gasteiger partial charge in [0.2, 0.25) is 11.8 Å². The summed E-state index contributed by atoms with van der Waals surface area (Å²) >= 11 is 1.28.